The Bertz CT molecular complexity index is 3660. The summed E-state index contributed by atoms with van der Waals surface area (Å²) in [6.07, 6.45) is 19.0. The molecule has 7 heteroatoms. The van der Waals surface area contributed by atoms with E-state index >= 15 is 0 Å². The Kier molecular flexibility index (Phi) is 14.8. The lowest BCUT2D eigenvalue weighted by Crippen LogP contribution is -2.38. The Hall–Kier alpha value is -8.55. The summed E-state index contributed by atoms with van der Waals surface area (Å²) in [7, 11) is 0. The summed E-state index contributed by atoms with van der Waals surface area (Å²) >= 11 is 1.74. The number of ether oxygens (including phenoxy) is 5. The average Bonchev–Trinajstić information content (AvgIpc) is 1.45. The Morgan fingerprint density at radius 2 is 1.23 bits per heavy atom. The molecule has 390 valence electrons. The fourth-order valence-corrected chi connectivity index (χ4v) is 11.6. The van der Waals surface area contributed by atoms with Gasteiger partial charge in [0.25, 0.3) is 0 Å². The lowest BCUT2D eigenvalue weighted by atomic mass is 9.58. The van der Waals surface area contributed by atoms with Crippen molar-refractivity contribution in [2.45, 2.75) is 87.1 Å². The van der Waals surface area contributed by atoms with E-state index in [2.05, 4.69) is 201 Å². The van der Waals surface area contributed by atoms with Gasteiger partial charge in [-0.15, -0.1) is 6.42 Å². The number of benzene rings is 5. The number of aliphatic hydroxyl groups is 1. The van der Waals surface area contributed by atoms with Crippen molar-refractivity contribution < 1.29 is 53.0 Å². The van der Waals surface area contributed by atoms with Crippen LogP contribution in [-0.4, -0.2) is 36.5 Å². The van der Waals surface area contributed by atoms with Crippen molar-refractivity contribution in [3.63, 3.8) is 0 Å². The van der Waals surface area contributed by atoms with Gasteiger partial charge < -0.3 is 28.8 Å². The van der Waals surface area contributed by atoms with E-state index < -0.39 is 10.5 Å². The summed E-state index contributed by atoms with van der Waals surface area (Å²) in [6.45, 7) is 9.61. The van der Waals surface area contributed by atoms with E-state index in [1.165, 1.54) is 47.9 Å². The Labute approximate surface area is 459 Å². The molecule has 1 saturated carbocycles. The van der Waals surface area contributed by atoms with Gasteiger partial charge in [0.15, 0.2) is 10.5 Å². The molecule has 1 unspecified atom stereocenters. The zero-order valence-electron chi connectivity index (χ0n) is 41.3. The molecule has 4 aliphatic rings. The van der Waals surface area contributed by atoms with Crippen molar-refractivity contribution in [1.29, 1.82) is 0 Å². The first-order valence-corrected chi connectivity index (χ1v) is 25.2. The Morgan fingerprint density at radius 1 is 0.658 bits per heavy atom. The third-order valence-electron chi connectivity index (χ3n) is 14.1. The van der Waals surface area contributed by atoms with Gasteiger partial charge in [0, 0.05) is 99.1 Å². The van der Waals surface area contributed by atoms with E-state index in [-0.39, 0.29) is 56.1 Å². The Morgan fingerprint density at radius 3 is 1.82 bits per heavy atom. The van der Waals surface area contributed by atoms with Crippen LogP contribution in [0.2, 0.25) is 0 Å². The van der Waals surface area contributed by atoms with Crippen LogP contribution in [-0.2, 0) is 15.8 Å². The van der Waals surface area contributed by atoms with Gasteiger partial charge >= 0.3 is 0 Å². The number of hydrogen-bond donors (Lipinski definition) is 1. The molecule has 2 heterocycles. The summed E-state index contributed by atoms with van der Waals surface area (Å²) in [4.78, 5) is 0.692. The standard InChI is InChI=1S/C66H50O6S.17H2/c1-6-9-10-11-12-13-14-15-16-17-18-19-20-21-22-25-43-68-45-46-70-52-34-30-50(31-35-52)66(49-28-32-51(33-29-49)69-44-42-67)37-36-54-61-60(55-47-58-59(73-63(4,5)71-58)48-56(55)62(54)72-66)53-26-23-24-27-57(53)65(61)40-38-64(7-2,8-3)39-41-65;;;;;;;;;;;;;;;;;/h1,23-24,26-37,47-48,67H,7-8,38-42,44-46H2,2-5H3;17*1H. The fraction of sp³-hybridized carbons (Fsp3) is 0.273. The molecule has 0 aromatic heterocycles. The molecule has 0 amide bonds. The summed E-state index contributed by atoms with van der Waals surface area (Å²) in [6, 6.07) is 29.7. The van der Waals surface area contributed by atoms with Crippen LogP contribution in [0.5, 0.6) is 23.0 Å². The summed E-state index contributed by atoms with van der Waals surface area (Å²) in [5, 5.41) is 11.7. The summed E-state index contributed by atoms with van der Waals surface area (Å²) < 4.78 is 31.8. The second-order valence-electron chi connectivity index (χ2n) is 18.4. The van der Waals surface area contributed by atoms with Gasteiger partial charge in [-0.1, -0.05) is 93.1 Å². The van der Waals surface area contributed by atoms with Crippen molar-refractivity contribution in [2.75, 3.05) is 26.4 Å². The van der Waals surface area contributed by atoms with E-state index in [1.54, 1.807) is 11.8 Å². The Balaban J connectivity index is -0.000000551. The molecule has 5 aromatic rings. The molecule has 1 spiro atoms. The number of fused-ring (bicyclic) bond motifs is 11. The zero-order valence-corrected chi connectivity index (χ0v) is 42.1. The molecule has 0 radical (unpaired) electrons. The maximum atomic E-state index is 9.51. The van der Waals surface area contributed by atoms with Crippen molar-refractivity contribution >= 4 is 28.6 Å². The minimum absolute atomic E-state index is 0. The predicted octanol–water partition coefficient (Wildman–Crippen LogP) is 15.6. The average molecular weight is 1010 g/mol. The molecule has 0 saturated heterocycles. The predicted molar refractivity (Wildman–Crippen MR) is 327 cm³/mol. The lowest BCUT2D eigenvalue weighted by molar-refractivity contribution is 0.132. The second-order valence-corrected chi connectivity index (χ2v) is 20.0. The quantitative estimate of drug-likeness (QED) is 0.104. The van der Waals surface area contributed by atoms with E-state index in [9.17, 15) is 5.11 Å². The van der Waals surface area contributed by atoms with Crippen molar-refractivity contribution in [3.8, 4) is 141 Å². The van der Waals surface area contributed by atoms with E-state index in [0.29, 0.717) is 16.9 Å². The summed E-state index contributed by atoms with van der Waals surface area (Å²) in [5.74, 6) is 43.3. The zero-order chi connectivity index (χ0) is 50.7. The number of aliphatic hydroxyl groups excluding tert-OH is 1. The first-order chi connectivity index (χ1) is 35.7. The largest absolute Gasteiger partial charge is 0.491 e. The van der Waals surface area contributed by atoms with Gasteiger partial charge in [-0.3, -0.25) is 0 Å². The van der Waals surface area contributed by atoms with Gasteiger partial charge in [0.1, 0.15) is 48.9 Å². The molecule has 5 aromatic carbocycles. The summed E-state index contributed by atoms with van der Waals surface area (Å²) in [5.41, 5.74) is 7.55. The van der Waals surface area contributed by atoms with Crippen LogP contribution in [0, 0.1) is 113 Å². The van der Waals surface area contributed by atoms with Crippen LogP contribution in [0.4, 0.5) is 0 Å². The van der Waals surface area contributed by atoms with Gasteiger partial charge in [0.2, 0.25) is 0 Å². The number of hydrogen-bond acceptors (Lipinski definition) is 7. The molecule has 1 atom stereocenters. The maximum Gasteiger partial charge on any atom is 0.178 e. The van der Waals surface area contributed by atoms with Crippen LogP contribution in [0.1, 0.15) is 118 Å². The van der Waals surface area contributed by atoms with Gasteiger partial charge in [-0.05, 0) is 162 Å². The van der Waals surface area contributed by atoms with Gasteiger partial charge in [0.05, 0.1) is 11.5 Å². The first-order valence-electron chi connectivity index (χ1n) is 24.4. The molecular weight excluding hydrogens is 921 g/mol. The first kappa shape index (κ1) is 49.4. The van der Waals surface area contributed by atoms with Gasteiger partial charge in [-0.25, -0.2) is 0 Å². The SMILES string of the molecule is C#CC#CC#CC#CC#CC#CC#CC#CC#COCCOc1ccc(C2(c3ccc(OCCO)cc3)C=Cc3c4c(c5cc6c(cc5c3O2)SC(C)(C)O6)-c2ccccc2C42CCC(CC)(CC)CC2)cc1.[HH].[HH].[HH].[HH].[HH].[HH].[HH].[HH].[HH].[HH].[HH].[HH].[HH].[HH].[HH].[HH].[HH]. The minimum atomic E-state index is -1.04. The van der Waals surface area contributed by atoms with E-state index in [1.807, 2.05) is 24.3 Å². The van der Waals surface area contributed by atoms with Crippen LogP contribution in [0.3, 0.4) is 0 Å². The highest BCUT2D eigenvalue weighted by molar-refractivity contribution is 8.00. The van der Waals surface area contributed by atoms with Crippen molar-refractivity contribution in [2.24, 2.45) is 5.41 Å². The smallest absolute Gasteiger partial charge is 0.178 e. The van der Waals surface area contributed by atoms with Crippen LogP contribution in [0.15, 0.2) is 95.9 Å². The number of terminal acetylenes is 1. The van der Waals surface area contributed by atoms with Crippen molar-refractivity contribution in [3.05, 3.63) is 119 Å². The maximum absolute atomic E-state index is 9.51. The van der Waals surface area contributed by atoms with Crippen LogP contribution >= 0.6 is 11.8 Å². The highest BCUT2D eigenvalue weighted by Crippen LogP contribution is 2.65. The molecule has 2 aliphatic carbocycles. The molecule has 2 aliphatic heterocycles. The van der Waals surface area contributed by atoms with E-state index in [4.69, 9.17) is 30.1 Å². The number of rotatable bonds is 11. The monoisotopic (exact) mass is 1000 g/mol. The second kappa shape index (κ2) is 21.8. The van der Waals surface area contributed by atoms with E-state index in [0.717, 1.165) is 56.7 Å². The topological polar surface area (TPSA) is 66.4 Å². The highest BCUT2D eigenvalue weighted by atomic mass is 32.2. The molecule has 73 heavy (non-hydrogen) atoms. The third kappa shape index (κ3) is 10.2. The van der Waals surface area contributed by atoms with Crippen LogP contribution in [0.25, 0.3) is 28.0 Å². The minimum Gasteiger partial charge on any atom is -0.491 e. The highest BCUT2D eigenvalue weighted by Gasteiger charge is 2.52. The van der Waals surface area contributed by atoms with Gasteiger partial charge in [-0.2, -0.15) is 0 Å². The molecule has 0 bridgehead atoms. The molecule has 6 nitrogen and oxygen atoms in total. The van der Waals surface area contributed by atoms with Crippen molar-refractivity contribution in [1.82, 2.24) is 0 Å². The third-order valence-corrected chi connectivity index (χ3v) is 15.2. The molecule has 1 fully saturated rings. The lowest BCUT2D eigenvalue weighted by Gasteiger charge is -2.47. The molecule has 9 rings (SSSR count). The van der Waals surface area contributed by atoms with Crippen LogP contribution < -0.4 is 18.9 Å². The molecule has 1 N–H and O–H groups in total. The fourth-order valence-electron chi connectivity index (χ4n) is 10.6. The molecular formula is C66H84O6S. The normalized spacial score (nSPS) is 16.5. The number of thioether (sulfide) groups is 1.